The smallest absolute Gasteiger partial charge is 0.0587 e. The average molecular weight is 198 g/mol. The first-order chi connectivity index (χ1) is 6.83. The summed E-state index contributed by atoms with van der Waals surface area (Å²) in [4.78, 5) is 2.49. The Labute approximate surface area is 86.5 Å². The molecule has 2 fully saturated rings. The second-order valence-electron chi connectivity index (χ2n) is 4.66. The van der Waals surface area contributed by atoms with Crippen molar-refractivity contribution in [1.29, 1.82) is 0 Å². The van der Waals surface area contributed by atoms with Crippen molar-refractivity contribution in [2.45, 2.75) is 50.7 Å². The van der Waals surface area contributed by atoms with Gasteiger partial charge >= 0.3 is 0 Å². The van der Waals surface area contributed by atoms with Gasteiger partial charge in [-0.1, -0.05) is 0 Å². The van der Waals surface area contributed by atoms with E-state index in [1.165, 1.54) is 38.8 Å². The topological polar surface area (TPSA) is 35.5 Å². The molecule has 2 heterocycles. The zero-order valence-electron chi connectivity index (χ0n) is 9.08. The lowest BCUT2D eigenvalue weighted by atomic mass is 10.1. The average Bonchev–Trinajstić information content (AvgIpc) is 2.87. The first-order valence-corrected chi connectivity index (χ1v) is 5.93. The van der Waals surface area contributed by atoms with Gasteiger partial charge in [-0.15, -0.1) is 0 Å². The van der Waals surface area contributed by atoms with Crippen LogP contribution in [0, 0.1) is 0 Å². The van der Waals surface area contributed by atoms with Crippen molar-refractivity contribution in [3.63, 3.8) is 0 Å². The number of aliphatic hydroxyl groups is 1. The van der Waals surface area contributed by atoms with Gasteiger partial charge in [-0.25, -0.2) is 0 Å². The van der Waals surface area contributed by atoms with Crippen LogP contribution in [-0.4, -0.2) is 47.8 Å². The van der Waals surface area contributed by atoms with E-state index in [2.05, 4.69) is 17.1 Å². The zero-order valence-corrected chi connectivity index (χ0v) is 9.08. The Kier molecular flexibility index (Phi) is 3.42. The van der Waals surface area contributed by atoms with Gasteiger partial charge in [-0.2, -0.15) is 0 Å². The lowest BCUT2D eigenvalue weighted by Gasteiger charge is -2.33. The van der Waals surface area contributed by atoms with Crippen LogP contribution in [0.25, 0.3) is 0 Å². The summed E-state index contributed by atoms with van der Waals surface area (Å²) in [5.74, 6) is 0. The maximum absolute atomic E-state index is 9.27. The Morgan fingerprint density at radius 1 is 1.43 bits per heavy atom. The fourth-order valence-electron chi connectivity index (χ4n) is 2.94. The summed E-state index contributed by atoms with van der Waals surface area (Å²) in [5, 5.41) is 12.8. The Morgan fingerprint density at radius 3 is 2.93 bits per heavy atom. The molecule has 0 unspecified atom stereocenters. The molecule has 0 aromatic carbocycles. The van der Waals surface area contributed by atoms with Crippen LogP contribution in [0.1, 0.15) is 32.6 Å². The summed E-state index contributed by atoms with van der Waals surface area (Å²) < 4.78 is 0. The van der Waals surface area contributed by atoms with E-state index in [0.29, 0.717) is 24.7 Å². The predicted molar refractivity (Wildman–Crippen MR) is 57.3 cm³/mol. The molecule has 14 heavy (non-hydrogen) atoms. The summed E-state index contributed by atoms with van der Waals surface area (Å²) in [7, 11) is 0. The zero-order chi connectivity index (χ0) is 9.97. The molecule has 0 aromatic rings. The van der Waals surface area contributed by atoms with E-state index in [9.17, 15) is 5.11 Å². The number of aliphatic hydroxyl groups excluding tert-OH is 1. The number of nitrogens with zero attached hydrogens (tertiary/aromatic N) is 1. The lowest BCUT2D eigenvalue weighted by Crippen LogP contribution is -2.48. The molecular formula is C11H22N2O. The van der Waals surface area contributed by atoms with Crippen LogP contribution in [0.2, 0.25) is 0 Å². The maximum Gasteiger partial charge on any atom is 0.0587 e. The van der Waals surface area contributed by atoms with Gasteiger partial charge in [-0.3, -0.25) is 4.90 Å². The summed E-state index contributed by atoms with van der Waals surface area (Å²) in [6.45, 7) is 4.98. The van der Waals surface area contributed by atoms with Gasteiger partial charge < -0.3 is 10.4 Å². The molecule has 2 rings (SSSR count). The van der Waals surface area contributed by atoms with Crippen LogP contribution < -0.4 is 5.32 Å². The Hall–Kier alpha value is -0.120. The van der Waals surface area contributed by atoms with Crippen molar-refractivity contribution >= 4 is 0 Å². The van der Waals surface area contributed by atoms with Gasteiger partial charge in [0.1, 0.15) is 0 Å². The van der Waals surface area contributed by atoms with Gasteiger partial charge in [0, 0.05) is 18.1 Å². The van der Waals surface area contributed by atoms with E-state index in [1.54, 1.807) is 0 Å². The minimum atomic E-state index is 0.330. The van der Waals surface area contributed by atoms with Gasteiger partial charge in [-0.05, 0) is 45.7 Å². The second kappa shape index (κ2) is 4.60. The van der Waals surface area contributed by atoms with Crippen molar-refractivity contribution in [2.75, 3.05) is 19.7 Å². The highest BCUT2D eigenvalue weighted by Gasteiger charge is 2.32. The molecule has 3 heteroatoms. The standard InChI is InChI=1S/C11H22N2O/c1-9(11-5-2-6-12-11)13-7-3-4-10(13)8-14/h9-12,14H,2-8H2,1H3/t9-,10+,11-/m1/s1. The van der Waals surface area contributed by atoms with Crippen LogP contribution in [0.15, 0.2) is 0 Å². The molecule has 2 aliphatic rings. The largest absolute Gasteiger partial charge is 0.395 e. The number of hydrogen-bond donors (Lipinski definition) is 2. The van der Waals surface area contributed by atoms with Crippen molar-refractivity contribution in [2.24, 2.45) is 0 Å². The van der Waals surface area contributed by atoms with Crippen molar-refractivity contribution in [1.82, 2.24) is 10.2 Å². The van der Waals surface area contributed by atoms with Crippen LogP contribution in [0.5, 0.6) is 0 Å². The SMILES string of the molecule is C[C@H]([C@H]1CCCN1)N1CCC[C@H]1CO. The van der Waals surface area contributed by atoms with E-state index in [4.69, 9.17) is 0 Å². The number of hydrogen-bond acceptors (Lipinski definition) is 3. The monoisotopic (exact) mass is 198 g/mol. The third-order valence-corrected chi connectivity index (χ3v) is 3.84. The summed E-state index contributed by atoms with van der Waals surface area (Å²) >= 11 is 0. The first-order valence-electron chi connectivity index (χ1n) is 5.93. The molecule has 0 bridgehead atoms. The molecule has 0 aliphatic carbocycles. The maximum atomic E-state index is 9.27. The molecule has 3 nitrogen and oxygen atoms in total. The number of likely N-dealkylation sites (tertiary alicyclic amines) is 1. The van der Waals surface area contributed by atoms with Gasteiger partial charge in [0.15, 0.2) is 0 Å². The van der Waals surface area contributed by atoms with E-state index in [0.717, 1.165) is 0 Å². The predicted octanol–water partition coefficient (Wildman–Crippen LogP) is 0.584. The molecule has 2 saturated heterocycles. The molecule has 0 saturated carbocycles. The highest BCUT2D eigenvalue weighted by Crippen LogP contribution is 2.23. The van der Waals surface area contributed by atoms with E-state index >= 15 is 0 Å². The molecule has 0 amide bonds. The Balaban J connectivity index is 1.92. The molecule has 2 N–H and O–H groups in total. The third-order valence-electron chi connectivity index (χ3n) is 3.84. The van der Waals surface area contributed by atoms with Crippen LogP contribution in [0.3, 0.4) is 0 Å². The third kappa shape index (κ3) is 1.95. The van der Waals surface area contributed by atoms with Crippen molar-refractivity contribution in [3.8, 4) is 0 Å². The summed E-state index contributed by atoms with van der Waals surface area (Å²) in [6.07, 6.45) is 5.04. The molecular weight excluding hydrogens is 176 g/mol. The first kappa shape index (κ1) is 10.4. The molecule has 2 aliphatic heterocycles. The molecule has 3 atom stereocenters. The van der Waals surface area contributed by atoms with Crippen LogP contribution >= 0.6 is 0 Å². The highest BCUT2D eigenvalue weighted by atomic mass is 16.3. The fraction of sp³-hybridized carbons (Fsp3) is 1.00. The molecule has 0 aromatic heterocycles. The fourth-order valence-corrected chi connectivity index (χ4v) is 2.94. The Bertz CT molecular complexity index is 180. The molecule has 0 spiro atoms. The number of nitrogens with one attached hydrogen (secondary N) is 1. The minimum absolute atomic E-state index is 0.330. The van der Waals surface area contributed by atoms with Gasteiger partial charge in [0.25, 0.3) is 0 Å². The van der Waals surface area contributed by atoms with Crippen LogP contribution in [0.4, 0.5) is 0 Å². The second-order valence-corrected chi connectivity index (χ2v) is 4.66. The normalized spacial score (nSPS) is 36.4. The summed E-state index contributed by atoms with van der Waals surface area (Å²) in [6, 6.07) is 1.67. The molecule has 82 valence electrons. The van der Waals surface area contributed by atoms with Crippen LogP contribution in [-0.2, 0) is 0 Å². The van der Waals surface area contributed by atoms with E-state index in [1.807, 2.05) is 0 Å². The summed E-state index contributed by atoms with van der Waals surface area (Å²) in [5.41, 5.74) is 0. The van der Waals surface area contributed by atoms with Crippen molar-refractivity contribution < 1.29 is 5.11 Å². The quantitative estimate of drug-likeness (QED) is 0.696. The van der Waals surface area contributed by atoms with Gasteiger partial charge in [0.2, 0.25) is 0 Å². The van der Waals surface area contributed by atoms with E-state index < -0.39 is 0 Å². The number of rotatable bonds is 3. The lowest BCUT2D eigenvalue weighted by molar-refractivity contribution is 0.110. The Morgan fingerprint density at radius 2 is 2.29 bits per heavy atom. The van der Waals surface area contributed by atoms with Gasteiger partial charge in [0.05, 0.1) is 6.61 Å². The minimum Gasteiger partial charge on any atom is -0.395 e. The van der Waals surface area contributed by atoms with E-state index in [-0.39, 0.29) is 0 Å². The molecule has 0 radical (unpaired) electrons. The van der Waals surface area contributed by atoms with Crippen molar-refractivity contribution in [3.05, 3.63) is 0 Å². The highest BCUT2D eigenvalue weighted by molar-refractivity contribution is 4.90.